The number of nitrogens with one attached hydrogen (secondary N) is 2. The van der Waals surface area contributed by atoms with Crippen LogP contribution < -0.4 is 10.6 Å². The number of morpholine rings is 1. The maximum atomic E-state index is 12.3. The first-order chi connectivity index (χ1) is 11.0. The number of amides is 1. The Morgan fingerprint density at radius 1 is 1.30 bits per heavy atom. The molecule has 0 spiro atoms. The predicted molar refractivity (Wildman–Crippen MR) is 93.4 cm³/mol. The Hall–Kier alpha value is -1.43. The van der Waals surface area contributed by atoms with Gasteiger partial charge < -0.3 is 15.4 Å². The number of benzene rings is 1. The molecule has 1 aliphatic rings. The van der Waals surface area contributed by atoms with E-state index in [9.17, 15) is 4.79 Å². The molecule has 0 aromatic heterocycles. The highest BCUT2D eigenvalue weighted by Gasteiger charge is 2.23. The van der Waals surface area contributed by atoms with Crippen LogP contribution in [-0.4, -0.2) is 49.7 Å². The zero-order valence-corrected chi connectivity index (χ0v) is 14.6. The maximum Gasteiger partial charge on any atom is 0.228 e. The summed E-state index contributed by atoms with van der Waals surface area (Å²) in [4.78, 5) is 14.7. The average Bonchev–Trinajstić information content (AvgIpc) is 2.48. The molecule has 0 aliphatic carbocycles. The van der Waals surface area contributed by atoms with Gasteiger partial charge in [-0.3, -0.25) is 9.69 Å². The largest absolute Gasteiger partial charge is 0.373 e. The van der Waals surface area contributed by atoms with Crippen molar-refractivity contribution in [3.05, 3.63) is 29.8 Å². The second kappa shape index (κ2) is 8.43. The van der Waals surface area contributed by atoms with Gasteiger partial charge in [0.1, 0.15) is 0 Å². The van der Waals surface area contributed by atoms with Crippen LogP contribution in [0.2, 0.25) is 0 Å². The smallest absolute Gasteiger partial charge is 0.228 e. The van der Waals surface area contributed by atoms with Crippen LogP contribution in [0.5, 0.6) is 0 Å². The fraction of sp³-hybridized carbons (Fsp3) is 0.611. The van der Waals surface area contributed by atoms with E-state index in [1.54, 1.807) is 0 Å². The molecule has 2 rings (SSSR count). The summed E-state index contributed by atoms with van der Waals surface area (Å²) in [5, 5.41) is 6.11. The van der Waals surface area contributed by atoms with E-state index in [1.807, 2.05) is 32.2 Å². The molecule has 0 saturated carbocycles. The molecular formula is C18H29N3O2. The summed E-state index contributed by atoms with van der Waals surface area (Å²) in [6.45, 7) is 9.48. The van der Waals surface area contributed by atoms with E-state index in [4.69, 9.17) is 4.74 Å². The van der Waals surface area contributed by atoms with Crippen molar-refractivity contribution >= 4 is 11.6 Å². The zero-order valence-electron chi connectivity index (χ0n) is 14.6. The number of carbonyl (C=O) groups is 1. The predicted octanol–water partition coefficient (Wildman–Crippen LogP) is 2.09. The van der Waals surface area contributed by atoms with Gasteiger partial charge in [-0.1, -0.05) is 25.1 Å². The van der Waals surface area contributed by atoms with E-state index in [2.05, 4.69) is 35.4 Å². The van der Waals surface area contributed by atoms with Gasteiger partial charge in [0.2, 0.25) is 5.91 Å². The van der Waals surface area contributed by atoms with Crippen LogP contribution in [0.3, 0.4) is 0 Å². The van der Waals surface area contributed by atoms with Crippen LogP contribution in [-0.2, 0) is 16.1 Å². The van der Waals surface area contributed by atoms with Crippen molar-refractivity contribution in [2.24, 2.45) is 5.92 Å². The zero-order chi connectivity index (χ0) is 16.8. The van der Waals surface area contributed by atoms with Crippen LogP contribution in [0.1, 0.15) is 26.3 Å². The van der Waals surface area contributed by atoms with E-state index in [-0.39, 0.29) is 24.0 Å². The molecule has 1 fully saturated rings. The van der Waals surface area contributed by atoms with Gasteiger partial charge in [-0.05, 0) is 32.5 Å². The molecule has 1 saturated heterocycles. The normalized spacial score (nSPS) is 23.5. The Kier molecular flexibility index (Phi) is 6.57. The minimum atomic E-state index is -0.0588. The van der Waals surface area contributed by atoms with Crippen LogP contribution in [0.15, 0.2) is 24.3 Å². The quantitative estimate of drug-likeness (QED) is 0.843. The van der Waals surface area contributed by atoms with Gasteiger partial charge in [-0.15, -0.1) is 0 Å². The van der Waals surface area contributed by atoms with E-state index in [0.717, 1.165) is 30.9 Å². The van der Waals surface area contributed by atoms with Crippen molar-refractivity contribution in [3.63, 3.8) is 0 Å². The molecule has 1 heterocycles. The van der Waals surface area contributed by atoms with Crippen LogP contribution in [0.25, 0.3) is 0 Å². The van der Waals surface area contributed by atoms with Gasteiger partial charge in [0.25, 0.3) is 0 Å². The monoisotopic (exact) mass is 319 g/mol. The van der Waals surface area contributed by atoms with Gasteiger partial charge in [0.15, 0.2) is 0 Å². The maximum absolute atomic E-state index is 12.3. The van der Waals surface area contributed by atoms with Gasteiger partial charge in [0, 0.05) is 37.8 Å². The Balaban J connectivity index is 2.04. The first kappa shape index (κ1) is 17.9. The molecule has 0 bridgehead atoms. The molecule has 3 unspecified atom stereocenters. The molecule has 1 amide bonds. The number of rotatable bonds is 6. The van der Waals surface area contributed by atoms with E-state index in [1.165, 1.54) is 0 Å². The standard InChI is InChI=1S/C18H29N3O2/c1-13(9-19-4)18(22)20-17-8-6-5-7-16(17)12-21-10-14(2)23-15(3)11-21/h5-8,13-15,19H,9-12H2,1-4H3,(H,20,22). The van der Waals surface area contributed by atoms with Crippen LogP contribution >= 0.6 is 0 Å². The Labute approximate surface area is 139 Å². The molecule has 0 radical (unpaired) electrons. The number of para-hydroxylation sites is 1. The summed E-state index contributed by atoms with van der Waals surface area (Å²) in [6.07, 6.45) is 0.493. The van der Waals surface area contributed by atoms with Crippen molar-refractivity contribution < 1.29 is 9.53 Å². The topological polar surface area (TPSA) is 53.6 Å². The second-order valence-electron chi connectivity index (χ2n) is 6.56. The number of carbonyl (C=O) groups excluding carboxylic acids is 1. The van der Waals surface area contributed by atoms with Gasteiger partial charge in [-0.25, -0.2) is 0 Å². The SMILES string of the molecule is CNCC(C)C(=O)Nc1ccccc1CN1CC(C)OC(C)C1. The molecule has 5 heteroatoms. The van der Waals surface area contributed by atoms with Crippen molar-refractivity contribution in [1.82, 2.24) is 10.2 Å². The fourth-order valence-corrected chi connectivity index (χ4v) is 3.09. The van der Waals surface area contributed by atoms with Crippen LogP contribution in [0, 0.1) is 5.92 Å². The number of hydrogen-bond donors (Lipinski definition) is 2. The molecule has 128 valence electrons. The van der Waals surface area contributed by atoms with E-state index in [0.29, 0.717) is 6.54 Å². The molecule has 5 nitrogen and oxygen atoms in total. The highest BCUT2D eigenvalue weighted by molar-refractivity contribution is 5.93. The summed E-state index contributed by atoms with van der Waals surface area (Å²) in [5.74, 6) is -0.00741. The van der Waals surface area contributed by atoms with Crippen molar-refractivity contribution in [2.45, 2.75) is 39.5 Å². The Bertz CT molecular complexity index is 511. The van der Waals surface area contributed by atoms with Crippen LogP contribution in [0.4, 0.5) is 5.69 Å². The molecular weight excluding hydrogens is 290 g/mol. The highest BCUT2D eigenvalue weighted by atomic mass is 16.5. The van der Waals surface area contributed by atoms with Gasteiger partial charge >= 0.3 is 0 Å². The lowest BCUT2D eigenvalue weighted by Gasteiger charge is -2.35. The van der Waals surface area contributed by atoms with Crippen molar-refractivity contribution in [2.75, 3.05) is 32.0 Å². The summed E-state index contributed by atoms with van der Waals surface area (Å²) >= 11 is 0. The molecule has 2 N–H and O–H groups in total. The van der Waals surface area contributed by atoms with Gasteiger partial charge in [-0.2, -0.15) is 0 Å². The molecule has 1 aromatic rings. The molecule has 1 aromatic carbocycles. The number of hydrogen-bond acceptors (Lipinski definition) is 4. The first-order valence-electron chi connectivity index (χ1n) is 8.40. The third-order valence-corrected chi connectivity index (χ3v) is 4.12. The van der Waals surface area contributed by atoms with Crippen molar-refractivity contribution in [3.8, 4) is 0 Å². The third-order valence-electron chi connectivity index (χ3n) is 4.12. The summed E-state index contributed by atoms with van der Waals surface area (Å²) in [5.41, 5.74) is 2.06. The second-order valence-corrected chi connectivity index (χ2v) is 6.56. The molecule has 1 aliphatic heterocycles. The summed E-state index contributed by atoms with van der Waals surface area (Å²) in [7, 11) is 1.86. The summed E-state index contributed by atoms with van der Waals surface area (Å²) < 4.78 is 5.79. The fourth-order valence-electron chi connectivity index (χ4n) is 3.09. The average molecular weight is 319 g/mol. The summed E-state index contributed by atoms with van der Waals surface area (Å²) in [6, 6.07) is 8.05. The van der Waals surface area contributed by atoms with Gasteiger partial charge in [0.05, 0.1) is 12.2 Å². The molecule has 23 heavy (non-hydrogen) atoms. The minimum Gasteiger partial charge on any atom is -0.373 e. The lowest BCUT2D eigenvalue weighted by atomic mass is 10.1. The molecule has 3 atom stereocenters. The lowest BCUT2D eigenvalue weighted by Crippen LogP contribution is -2.44. The Morgan fingerprint density at radius 2 is 1.96 bits per heavy atom. The lowest BCUT2D eigenvalue weighted by molar-refractivity contribution is -0.119. The van der Waals surface area contributed by atoms with E-state index >= 15 is 0 Å². The Morgan fingerprint density at radius 3 is 2.61 bits per heavy atom. The van der Waals surface area contributed by atoms with Crippen molar-refractivity contribution in [1.29, 1.82) is 0 Å². The highest BCUT2D eigenvalue weighted by Crippen LogP contribution is 2.20. The number of ether oxygens (including phenoxy) is 1. The number of anilines is 1. The van der Waals surface area contributed by atoms with E-state index < -0.39 is 0 Å². The minimum absolute atomic E-state index is 0.0514. The third kappa shape index (κ3) is 5.30. The number of nitrogens with zero attached hydrogens (tertiary/aromatic N) is 1. The first-order valence-corrected chi connectivity index (χ1v) is 8.40.